The van der Waals surface area contributed by atoms with Gasteiger partial charge in [-0.2, -0.15) is 0 Å². The second kappa shape index (κ2) is 9.86. The zero-order valence-electron chi connectivity index (χ0n) is 23.9. The molecule has 0 aliphatic heterocycles. The Bertz CT molecular complexity index is 2510. The Morgan fingerprint density at radius 2 is 1.05 bits per heavy atom. The number of rotatable bonds is 4. The highest BCUT2D eigenvalue weighted by molar-refractivity contribution is 6.17. The van der Waals surface area contributed by atoms with Crippen molar-refractivity contribution in [1.82, 2.24) is 0 Å². The second-order valence-corrected chi connectivity index (χ2v) is 11.4. The van der Waals surface area contributed by atoms with Crippen LogP contribution in [0.3, 0.4) is 0 Å². The fourth-order valence-electron chi connectivity index (χ4n) is 6.73. The Balaban J connectivity index is 1.34. The molecule has 0 saturated heterocycles. The lowest BCUT2D eigenvalue weighted by Gasteiger charge is -2.28. The predicted octanol–water partition coefficient (Wildman–Crippen LogP) is 12.2. The molecule has 0 amide bonds. The summed E-state index contributed by atoms with van der Waals surface area (Å²) in [7, 11) is 0. The summed E-state index contributed by atoms with van der Waals surface area (Å²) in [6.45, 7) is 0. The van der Waals surface area contributed by atoms with Gasteiger partial charge in [0.2, 0.25) is 0 Å². The van der Waals surface area contributed by atoms with Crippen molar-refractivity contribution in [1.29, 1.82) is 0 Å². The van der Waals surface area contributed by atoms with Crippen LogP contribution in [0.15, 0.2) is 168 Å². The van der Waals surface area contributed by atoms with Crippen LogP contribution in [0.5, 0.6) is 0 Å². The minimum absolute atomic E-state index is 0.890. The molecule has 0 N–H and O–H groups in total. The maximum atomic E-state index is 6.50. The number of furan rings is 1. The number of fused-ring (bicyclic) bond motifs is 8. The average molecular weight is 562 g/mol. The molecule has 44 heavy (non-hydrogen) atoms. The lowest BCUT2D eigenvalue weighted by atomic mass is 9.98. The normalized spacial score (nSPS) is 11.6. The highest BCUT2D eigenvalue weighted by Gasteiger charge is 2.20. The van der Waals surface area contributed by atoms with Gasteiger partial charge in [0, 0.05) is 32.9 Å². The maximum absolute atomic E-state index is 6.50. The van der Waals surface area contributed by atoms with Gasteiger partial charge in [0.25, 0.3) is 0 Å². The molecular weight excluding hydrogens is 534 g/mol. The molecule has 0 fully saturated rings. The van der Waals surface area contributed by atoms with Gasteiger partial charge in [-0.25, -0.2) is 0 Å². The van der Waals surface area contributed by atoms with Crippen LogP contribution in [0.1, 0.15) is 0 Å². The van der Waals surface area contributed by atoms with Crippen LogP contribution in [-0.4, -0.2) is 0 Å². The van der Waals surface area contributed by atoms with Crippen LogP contribution < -0.4 is 4.90 Å². The molecule has 0 aliphatic rings. The fraction of sp³-hybridized carbons (Fsp3) is 0. The van der Waals surface area contributed by atoms with E-state index in [1.807, 2.05) is 0 Å². The summed E-state index contributed by atoms with van der Waals surface area (Å²) in [5.41, 5.74) is 7.52. The van der Waals surface area contributed by atoms with Crippen molar-refractivity contribution in [3.63, 3.8) is 0 Å². The van der Waals surface area contributed by atoms with Gasteiger partial charge in [-0.1, -0.05) is 121 Å². The summed E-state index contributed by atoms with van der Waals surface area (Å²) >= 11 is 0. The number of nitrogens with zero attached hydrogens (tertiary/aromatic N) is 1. The van der Waals surface area contributed by atoms with Crippen molar-refractivity contribution in [3.8, 4) is 11.1 Å². The third-order valence-electron chi connectivity index (χ3n) is 8.80. The second-order valence-electron chi connectivity index (χ2n) is 11.4. The Kier molecular flexibility index (Phi) is 5.54. The van der Waals surface area contributed by atoms with Crippen LogP contribution in [-0.2, 0) is 0 Å². The van der Waals surface area contributed by atoms with E-state index < -0.39 is 0 Å². The molecule has 9 aromatic rings. The molecule has 0 aliphatic carbocycles. The Morgan fingerprint density at radius 1 is 0.364 bits per heavy atom. The van der Waals surface area contributed by atoms with Crippen molar-refractivity contribution >= 4 is 71.3 Å². The molecule has 9 rings (SSSR count). The third kappa shape index (κ3) is 3.89. The summed E-state index contributed by atoms with van der Waals surface area (Å²) < 4.78 is 6.50. The lowest BCUT2D eigenvalue weighted by Crippen LogP contribution is -2.10. The summed E-state index contributed by atoms with van der Waals surface area (Å²) in [6.07, 6.45) is 0. The predicted molar refractivity (Wildman–Crippen MR) is 186 cm³/mol. The molecule has 2 heteroatoms. The molecule has 0 saturated carbocycles. The lowest BCUT2D eigenvalue weighted by molar-refractivity contribution is 0.672. The standard InChI is InChI=1S/C42H27NO/c1-2-11-28(12-3-1)30-15-10-16-32(25-30)43(40-26-31-14-5-6-17-34(31)36-19-8-9-20-37(36)40)33-22-24-41-39(27-33)38-23-21-29-13-4-7-18-35(29)42(38)44-41/h1-27H. The first-order chi connectivity index (χ1) is 21.8. The quantitative estimate of drug-likeness (QED) is 0.199. The molecule has 0 spiro atoms. The molecule has 8 aromatic carbocycles. The van der Waals surface area contributed by atoms with Gasteiger partial charge in [-0.3, -0.25) is 0 Å². The molecule has 0 radical (unpaired) electrons. The minimum atomic E-state index is 0.890. The van der Waals surface area contributed by atoms with Gasteiger partial charge < -0.3 is 9.32 Å². The topological polar surface area (TPSA) is 16.4 Å². The smallest absolute Gasteiger partial charge is 0.143 e. The van der Waals surface area contributed by atoms with E-state index in [-0.39, 0.29) is 0 Å². The molecule has 2 nitrogen and oxygen atoms in total. The van der Waals surface area contributed by atoms with E-state index in [4.69, 9.17) is 4.42 Å². The zero-order valence-corrected chi connectivity index (χ0v) is 23.9. The van der Waals surface area contributed by atoms with E-state index in [9.17, 15) is 0 Å². The summed E-state index contributed by atoms with van der Waals surface area (Å²) in [4.78, 5) is 2.40. The first-order valence-electron chi connectivity index (χ1n) is 15.0. The van der Waals surface area contributed by atoms with E-state index in [2.05, 4.69) is 169 Å². The van der Waals surface area contributed by atoms with Gasteiger partial charge in [0.1, 0.15) is 11.2 Å². The van der Waals surface area contributed by atoms with Crippen LogP contribution in [0.25, 0.3) is 65.4 Å². The van der Waals surface area contributed by atoms with Crippen LogP contribution in [0.4, 0.5) is 17.1 Å². The van der Waals surface area contributed by atoms with Crippen molar-refractivity contribution in [2.45, 2.75) is 0 Å². The SMILES string of the molecule is c1ccc(-c2cccc(N(c3ccc4oc5c6ccccc6ccc5c4c3)c3cc4ccccc4c4ccccc34)c2)cc1. The molecule has 1 heterocycles. The number of hydrogen-bond donors (Lipinski definition) is 0. The number of hydrogen-bond acceptors (Lipinski definition) is 2. The van der Waals surface area contributed by atoms with Gasteiger partial charge >= 0.3 is 0 Å². The minimum Gasteiger partial charge on any atom is -0.455 e. The van der Waals surface area contributed by atoms with Crippen LogP contribution >= 0.6 is 0 Å². The fourth-order valence-corrected chi connectivity index (χ4v) is 6.73. The van der Waals surface area contributed by atoms with Crippen molar-refractivity contribution in [3.05, 3.63) is 164 Å². The number of anilines is 3. The zero-order chi connectivity index (χ0) is 29.0. The molecule has 206 valence electrons. The van der Waals surface area contributed by atoms with E-state index in [0.717, 1.165) is 44.4 Å². The first kappa shape index (κ1) is 24.7. The van der Waals surface area contributed by atoms with Crippen molar-refractivity contribution in [2.24, 2.45) is 0 Å². The average Bonchev–Trinajstić information content (AvgIpc) is 3.48. The summed E-state index contributed by atoms with van der Waals surface area (Å²) in [6, 6.07) is 58.6. The highest BCUT2D eigenvalue weighted by atomic mass is 16.3. The van der Waals surface area contributed by atoms with Gasteiger partial charge in [-0.05, 0) is 75.1 Å². The van der Waals surface area contributed by atoms with E-state index in [1.54, 1.807) is 0 Å². The van der Waals surface area contributed by atoms with Gasteiger partial charge in [0.05, 0.1) is 5.69 Å². The monoisotopic (exact) mass is 561 g/mol. The maximum Gasteiger partial charge on any atom is 0.143 e. The summed E-state index contributed by atoms with van der Waals surface area (Å²) in [5.74, 6) is 0. The van der Waals surface area contributed by atoms with E-state index in [1.165, 1.54) is 38.1 Å². The van der Waals surface area contributed by atoms with Crippen LogP contribution in [0, 0.1) is 0 Å². The third-order valence-corrected chi connectivity index (χ3v) is 8.80. The van der Waals surface area contributed by atoms with E-state index in [0.29, 0.717) is 0 Å². The van der Waals surface area contributed by atoms with Gasteiger partial charge in [0.15, 0.2) is 0 Å². The Hall–Kier alpha value is -5.86. The first-order valence-corrected chi connectivity index (χ1v) is 15.0. The molecule has 0 bridgehead atoms. The van der Waals surface area contributed by atoms with Crippen molar-refractivity contribution < 1.29 is 4.42 Å². The molecule has 1 aromatic heterocycles. The number of benzene rings is 8. The largest absolute Gasteiger partial charge is 0.455 e. The van der Waals surface area contributed by atoms with E-state index >= 15 is 0 Å². The summed E-state index contributed by atoms with van der Waals surface area (Å²) in [5, 5.41) is 9.47. The highest BCUT2D eigenvalue weighted by Crippen LogP contribution is 2.44. The Morgan fingerprint density at radius 3 is 1.91 bits per heavy atom. The van der Waals surface area contributed by atoms with Crippen molar-refractivity contribution in [2.75, 3.05) is 4.90 Å². The Labute approximate surface area is 255 Å². The molecule has 0 atom stereocenters. The molecular formula is C42H27NO. The molecule has 0 unspecified atom stereocenters. The van der Waals surface area contributed by atoms with Crippen LogP contribution in [0.2, 0.25) is 0 Å². The van der Waals surface area contributed by atoms with Gasteiger partial charge in [-0.15, -0.1) is 0 Å².